The SMILES string of the molecule is Cc1nc(NCCCc2cccc(O)c2)nc(C)c1C(=O)N[C@@H](CNC(=O)CCOCOCCOCCOCCOCCOCCOCCOCCOCCOCCOCCOCCNC(=O)CCN1C(=O)C=CC1=O)C(=O)O. The molecule has 0 aliphatic carbocycles. The van der Waals surface area contributed by atoms with Crippen molar-refractivity contribution in [1.82, 2.24) is 30.8 Å². The van der Waals surface area contributed by atoms with Gasteiger partial charge in [-0.3, -0.25) is 28.9 Å². The molecule has 0 bridgehead atoms. The molecule has 79 heavy (non-hydrogen) atoms. The van der Waals surface area contributed by atoms with Gasteiger partial charge < -0.3 is 88.3 Å². The molecule has 5 amide bonds. The number of nitrogens with zero attached hydrogens (tertiary/aromatic N) is 3. The van der Waals surface area contributed by atoms with Gasteiger partial charge in [-0.25, -0.2) is 14.8 Å². The molecule has 0 saturated heterocycles. The highest BCUT2D eigenvalue weighted by Crippen LogP contribution is 2.15. The van der Waals surface area contributed by atoms with Crippen LogP contribution in [0.1, 0.15) is 46.6 Å². The molecular formula is C52H81N7O20. The Labute approximate surface area is 460 Å². The van der Waals surface area contributed by atoms with Gasteiger partial charge in [0.25, 0.3) is 17.7 Å². The Bertz CT molecular complexity index is 2050. The van der Waals surface area contributed by atoms with Crippen LogP contribution in [0.15, 0.2) is 36.4 Å². The van der Waals surface area contributed by atoms with Gasteiger partial charge in [-0.1, -0.05) is 12.1 Å². The van der Waals surface area contributed by atoms with Crippen molar-refractivity contribution in [2.45, 2.75) is 45.6 Å². The summed E-state index contributed by atoms with van der Waals surface area (Å²) in [5, 5.41) is 30.1. The third kappa shape index (κ3) is 33.4. The fourth-order valence-corrected chi connectivity index (χ4v) is 6.82. The lowest BCUT2D eigenvalue weighted by Gasteiger charge is -2.17. The first kappa shape index (κ1) is 67.5. The summed E-state index contributed by atoms with van der Waals surface area (Å²) in [5.74, 6) is -3.01. The Kier molecular flexibility index (Phi) is 37.6. The van der Waals surface area contributed by atoms with E-state index in [0.717, 1.165) is 23.3 Å². The third-order valence-electron chi connectivity index (χ3n) is 10.8. The number of phenolic OH excluding ortho intramolecular Hbond substituents is 1. The van der Waals surface area contributed by atoms with Crippen molar-refractivity contribution in [3.05, 3.63) is 58.9 Å². The monoisotopic (exact) mass is 1120 g/mol. The molecule has 6 N–H and O–H groups in total. The van der Waals surface area contributed by atoms with Crippen LogP contribution in [0.2, 0.25) is 0 Å². The molecule has 1 aromatic carbocycles. The number of anilines is 1. The number of imide groups is 1. The van der Waals surface area contributed by atoms with E-state index in [1.807, 2.05) is 6.07 Å². The first-order valence-corrected chi connectivity index (χ1v) is 26.3. The second kappa shape index (κ2) is 44.0. The number of amides is 5. The van der Waals surface area contributed by atoms with Gasteiger partial charge in [-0.2, -0.15) is 0 Å². The molecule has 1 aliphatic rings. The highest BCUT2D eigenvalue weighted by molar-refractivity contribution is 6.13. The summed E-state index contributed by atoms with van der Waals surface area (Å²) >= 11 is 0. The van der Waals surface area contributed by atoms with Crippen LogP contribution in [-0.4, -0.2) is 245 Å². The number of hydrogen-bond acceptors (Lipinski definition) is 22. The van der Waals surface area contributed by atoms with Crippen LogP contribution in [0.4, 0.5) is 5.95 Å². The number of carboxylic acids is 1. The number of carbonyl (C=O) groups is 6. The van der Waals surface area contributed by atoms with Crippen molar-refractivity contribution >= 4 is 41.5 Å². The van der Waals surface area contributed by atoms with E-state index >= 15 is 0 Å². The van der Waals surface area contributed by atoms with Gasteiger partial charge in [0.2, 0.25) is 17.8 Å². The first-order chi connectivity index (χ1) is 38.4. The predicted octanol–water partition coefficient (Wildman–Crippen LogP) is 0.121. The van der Waals surface area contributed by atoms with Crippen molar-refractivity contribution in [2.75, 3.05) is 184 Å². The quantitative estimate of drug-likeness (QED) is 0.0291. The standard InChI is InChI=1S/C52H81N7O20/c1-40-49(41(2)57-52(56-40)54-12-4-6-42-5-3-7-43(60)37-42)50(65)58-44(51(66)67)38-55-46(62)11-15-78-39-79-36-35-77-34-33-76-32-31-75-30-29-74-28-27-73-26-25-72-24-23-71-22-21-70-20-19-69-18-17-68-16-13-53-45(61)10-14-59-47(63)8-9-48(59)64/h3,5,7-9,37,44,60H,4,6,10-36,38-39H2,1-2H3,(H,53,61)(H,55,62)(H,58,65)(H,66,67)(H,54,56,57)/t44-/m0/s1. The number of aromatic hydroxyl groups is 1. The molecule has 2 aromatic rings. The van der Waals surface area contributed by atoms with E-state index in [1.54, 1.807) is 32.0 Å². The number of ether oxygens (including phenoxy) is 12. The molecule has 27 nitrogen and oxygen atoms in total. The predicted molar refractivity (Wildman–Crippen MR) is 281 cm³/mol. The number of nitrogens with one attached hydrogen (secondary N) is 4. The summed E-state index contributed by atoms with van der Waals surface area (Å²) < 4.78 is 65.4. The zero-order valence-corrected chi connectivity index (χ0v) is 45.5. The van der Waals surface area contributed by atoms with Crippen molar-refractivity contribution in [1.29, 1.82) is 0 Å². The van der Waals surface area contributed by atoms with Crippen LogP contribution in [0, 0.1) is 13.8 Å². The number of carbonyl (C=O) groups excluding carboxylic acids is 5. The van der Waals surface area contributed by atoms with Crippen LogP contribution in [-0.2, 0) is 87.2 Å². The van der Waals surface area contributed by atoms with Crippen LogP contribution in [0.25, 0.3) is 0 Å². The largest absolute Gasteiger partial charge is 0.508 e. The van der Waals surface area contributed by atoms with Gasteiger partial charge in [0.05, 0.1) is 169 Å². The molecule has 1 aliphatic heterocycles. The maximum atomic E-state index is 13.1. The number of aliphatic carboxylic acids is 1. The molecule has 0 spiro atoms. The summed E-state index contributed by atoms with van der Waals surface area (Å²) in [6.07, 6.45) is 3.84. The van der Waals surface area contributed by atoms with Gasteiger partial charge in [-0.05, 0) is 44.4 Å². The van der Waals surface area contributed by atoms with E-state index in [-0.39, 0.29) is 63.2 Å². The lowest BCUT2D eigenvalue weighted by Crippen LogP contribution is -2.48. The second-order valence-corrected chi connectivity index (χ2v) is 17.0. The topological polar surface area (TPSA) is 331 Å². The molecule has 1 atom stereocenters. The number of hydrogen-bond donors (Lipinski definition) is 6. The lowest BCUT2D eigenvalue weighted by atomic mass is 10.1. The van der Waals surface area contributed by atoms with Gasteiger partial charge in [-0.15, -0.1) is 0 Å². The second-order valence-electron chi connectivity index (χ2n) is 17.0. The third-order valence-corrected chi connectivity index (χ3v) is 10.8. The highest BCUT2D eigenvalue weighted by atomic mass is 16.7. The molecule has 27 heteroatoms. The molecule has 0 radical (unpaired) electrons. The fraction of sp³-hybridized carbons (Fsp3) is 0.654. The summed E-state index contributed by atoms with van der Waals surface area (Å²) in [7, 11) is 0. The summed E-state index contributed by atoms with van der Waals surface area (Å²) in [6, 6.07) is 5.63. The Hall–Kier alpha value is -5.82. The van der Waals surface area contributed by atoms with Gasteiger partial charge in [0.1, 0.15) is 18.6 Å². The number of rotatable bonds is 51. The Morgan fingerprint density at radius 1 is 0.570 bits per heavy atom. The number of carboxylic acid groups (broad SMARTS) is 1. The minimum Gasteiger partial charge on any atom is -0.508 e. The molecule has 2 heterocycles. The molecule has 0 fully saturated rings. The lowest BCUT2D eigenvalue weighted by molar-refractivity contribution is -0.140. The number of aryl methyl sites for hydroxylation is 3. The first-order valence-electron chi connectivity index (χ1n) is 26.3. The fourth-order valence-electron chi connectivity index (χ4n) is 6.82. The average Bonchev–Trinajstić information content (AvgIpc) is 3.76. The smallest absolute Gasteiger partial charge is 0.328 e. The van der Waals surface area contributed by atoms with E-state index in [0.29, 0.717) is 163 Å². The summed E-state index contributed by atoms with van der Waals surface area (Å²) in [6.45, 7) is 12.2. The van der Waals surface area contributed by atoms with Crippen LogP contribution < -0.4 is 21.3 Å². The number of aromatic nitrogens is 2. The van der Waals surface area contributed by atoms with Crippen LogP contribution in [0.5, 0.6) is 5.75 Å². The molecule has 1 aromatic heterocycles. The highest BCUT2D eigenvalue weighted by Gasteiger charge is 2.25. The van der Waals surface area contributed by atoms with Crippen LogP contribution >= 0.6 is 0 Å². The Morgan fingerprint density at radius 3 is 1.48 bits per heavy atom. The van der Waals surface area contributed by atoms with Gasteiger partial charge in [0, 0.05) is 44.8 Å². The van der Waals surface area contributed by atoms with E-state index in [2.05, 4.69) is 31.2 Å². The normalized spacial score (nSPS) is 12.6. The number of phenols is 1. The van der Waals surface area contributed by atoms with Gasteiger partial charge >= 0.3 is 5.97 Å². The van der Waals surface area contributed by atoms with Gasteiger partial charge in [0.15, 0.2) is 0 Å². The summed E-state index contributed by atoms with van der Waals surface area (Å²) in [5.41, 5.74) is 1.86. The molecule has 0 unspecified atom stereocenters. The minimum absolute atomic E-state index is 0.0296. The van der Waals surface area contributed by atoms with E-state index in [9.17, 15) is 39.0 Å². The van der Waals surface area contributed by atoms with Crippen molar-refractivity contribution in [3.63, 3.8) is 0 Å². The van der Waals surface area contributed by atoms with E-state index < -0.39 is 35.6 Å². The van der Waals surface area contributed by atoms with Crippen molar-refractivity contribution in [3.8, 4) is 5.75 Å². The molecule has 3 rings (SSSR count). The molecular weight excluding hydrogens is 1040 g/mol. The maximum Gasteiger partial charge on any atom is 0.328 e. The van der Waals surface area contributed by atoms with Crippen molar-refractivity contribution in [2.24, 2.45) is 0 Å². The Morgan fingerprint density at radius 2 is 1.01 bits per heavy atom. The Balaban J connectivity index is 0.976. The summed E-state index contributed by atoms with van der Waals surface area (Å²) in [4.78, 5) is 81.9. The minimum atomic E-state index is -1.40. The molecule has 0 saturated carbocycles. The average molecular weight is 1120 g/mol. The van der Waals surface area contributed by atoms with E-state index in [4.69, 9.17) is 56.8 Å². The zero-order valence-electron chi connectivity index (χ0n) is 45.5. The molecule has 444 valence electrons. The van der Waals surface area contributed by atoms with E-state index in [1.165, 1.54) is 12.2 Å². The number of benzene rings is 1. The zero-order chi connectivity index (χ0) is 57.0. The maximum absolute atomic E-state index is 13.1. The van der Waals surface area contributed by atoms with Crippen molar-refractivity contribution < 1.29 is 95.8 Å². The van der Waals surface area contributed by atoms with Crippen LogP contribution in [0.3, 0.4) is 0 Å².